The predicted molar refractivity (Wildman–Crippen MR) is 73.9 cm³/mol. The summed E-state index contributed by atoms with van der Waals surface area (Å²) in [4.78, 5) is 0. The molecule has 0 spiro atoms. The summed E-state index contributed by atoms with van der Waals surface area (Å²) >= 11 is 0. The van der Waals surface area contributed by atoms with Crippen LogP contribution in [0.15, 0.2) is 0 Å². The number of hydrogen-bond donors (Lipinski definition) is 4. The second-order valence-electron chi connectivity index (χ2n) is 4.73. The standard InChI is InChI=1S/3C4H10O.CH4O.Zr/c3*1-4(2)3-5;1-2;/h3*4-5H,3H2,1-2H3;2H,1H3;. The van der Waals surface area contributed by atoms with Crippen molar-refractivity contribution in [1.82, 2.24) is 0 Å². The van der Waals surface area contributed by atoms with Gasteiger partial charge in [0.1, 0.15) is 0 Å². The first-order valence-electron chi connectivity index (χ1n) is 6.08. The summed E-state index contributed by atoms with van der Waals surface area (Å²) in [5.74, 6) is 1.32. The average Bonchev–Trinajstić information content (AvgIpc) is 2.32. The Bertz CT molecular complexity index is 80.0. The molecule has 0 atom stereocenters. The molecule has 0 unspecified atom stereocenters. The SMILES string of the molecule is CC(C)CO.CC(C)CO.CC(C)CO.CO.[Zr]. The molecule has 0 aromatic carbocycles. The molecule has 0 radical (unpaired) electrons. The quantitative estimate of drug-likeness (QED) is 0.625. The number of aliphatic hydroxyl groups excluding tert-OH is 4. The summed E-state index contributed by atoms with van der Waals surface area (Å²) in [6.07, 6.45) is 0. The summed E-state index contributed by atoms with van der Waals surface area (Å²) < 4.78 is 0. The molecule has 0 aliphatic rings. The van der Waals surface area contributed by atoms with E-state index in [2.05, 4.69) is 0 Å². The van der Waals surface area contributed by atoms with Crippen molar-refractivity contribution in [2.45, 2.75) is 41.5 Å². The predicted octanol–water partition coefficient (Wildman–Crippen LogP) is 1.51. The molecule has 0 amide bonds. The molecule has 4 N–H and O–H groups in total. The summed E-state index contributed by atoms with van der Waals surface area (Å²) in [5.41, 5.74) is 0. The zero-order chi connectivity index (χ0) is 14.9. The second kappa shape index (κ2) is 30.6. The van der Waals surface area contributed by atoms with Crippen LogP contribution in [0.2, 0.25) is 0 Å². The van der Waals surface area contributed by atoms with Crippen LogP contribution < -0.4 is 0 Å². The van der Waals surface area contributed by atoms with Crippen LogP contribution >= 0.6 is 0 Å². The fourth-order valence-electron chi connectivity index (χ4n) is 0. The van der Waals surface area contributed by atoms with E-state index >= 15 is 0 Å². The van der Waals surface area contributed by atoms with Crippen LogP contribution in [0, 0.1) is 17.8 Å². The summed E-state index contributed by atoms with van der Waals surface area (Å²) in [5, 5.41) is 31.4. The van der Waals surface area contributed by atoms with Crippen molar-refractivity contribution in [3.05, 3.63) is 0 Å². The van der Waals surface area contributed by atoms with Gasteiger partial charge in [-0.1, -0.05) is 41.5 Å². The topological polar surface area (TPSA) is 80.9 Å². The maximum Gasteiger partial charge on any atom is 0.0453 e. The van der Waals surface area contributed by atoms with Crippen molar-refractivity contribution < 1.29 is 46.6 Å². The maximum absolute atomic E-state index is 8.14. The van der Waals surface area contributed by atoms with E-state index in [-0.39, 0.29) is 26.2 Å². The first-order valence-corrected chi connectivity index (χ1v) is 6.08. The molecule has 0 aromatic rings. The molecule has 0 bridgehead atoms. The van der Waals surface area contributed by atoms with Gasteiger partial charge in [0.05, 0.1) is 0 Å². The Kier molecular flexibility index (Phi) is 53.1. The Hall–Kier alpha value is 0.723. The zero-order valence-electron chi connectivity index (χ0n) is 13.1. The molecule has 0 aliphatic heterocycles. The van der Waals surface area contributed by atoms with Crippen molar-refractivity contribution in [3.63, 3.8) is 0 Å². The fourth-order valence-corrected chi connectivity index (χ4v) is 0. The third kappa shape index (κ3) is 91.5. The summed E-state index contributed by atoms with van der Waals surface area (Å²) in [6.45, 7) is 12.7. The largest absolute Gasteiger partial charge is 0.400 e. The van der Waals surface area contributed by atoms with E-state index in [1.54, 1.807) is 0 Å². The molecule has 0 aliphatic carbocycles. The van der Waals surface area contributed by atoms with Gasteiger partial charge >= 0.3 is 0 Å². The maximum atomic E-state index is 8.14. The second-order valence-corrected chi connectivity index (χ2v) is 4.73. The Balaban J connectivity index is -0.0000000427. The molecular weight excluding hydrogens is 311 g/mol. The van der Waals surface area contributed by atoms with E-state index in [1.807, 2.05) is 41.5 Å². The Labute approximate surface area is 133 Å². The molecule has 0 heterocycles. The van der Waals surface area contributed by atoms with Gasteiger partial charge in [-0.2, -0.15) is 0 Å². The molecular formula is C13H34O4Zr. The van der Waals surface area contributed by atoms with Crippen molar-refractivity contribution in [3.8, 4) is 0 Å². The molecule has 0 rings (SSSR count). The normalized spacial score (nSPS) is 8.33. The number of rotatable bonds is 3. The molecule has 0 fully saturated rings. The minimum atomic E-state index is 0. The molecule has 4 nitrogen and oxygen atoms in total. The van der Waals surface area contributed by atoms with Crippen molar-refractivity contribution in [2.24, 2.45) is 17.8 Å². The van der Waals surface area contributed by atoms with Gasteiger partial charge in [-0.15, -0.1) is 0 Å². The molecule has 0 saturated carbocycles. The van der Waals surface area contributed by atoms with Crippen LogP contribution in [0.5, 0.6) is 0 Å². The van der Waals surface area contributed by atoms with Crippen LogP contribution in [0.1, 0.15) is 41.5 Å². The van der Waals surface area contributed by atoms with Gasteiger partial charge in [0, 0.05) is 53.1 Å². The first kappa shape index (κ1) is 31.2. The molecule has 18 heavy (non-hydrogen) atoms. The van der Waals surface area contributed by atoms with Crippen LogP contribution in [0.3, 0.4) is 0 Å². The number of hydrogen-bond acceptors (Lipinski definition) is 4. The Morgan fingerprint density at radius 1 is 0.556 bits per heavy atom. The van der Waals surface area contributed by atoms with Crippen LogP contribution in [0.4, 0.5) is 0 Å². The smallest absolute Gasteiger partial charge is 0.0453 e. The minimum absolute atomic E-state index is 0. The Morgan fingerprint density at radius 2 is 0.611 bits per heavy atom. The zero-order valence-corrected chi connectivity index (χ0v) is 15.6. The average molecular weight is 346 g/mol. The van der Waals surface area contributed by atoms with Crippen LogP contribution in [0.25, 0.3) is 0 Å². The third-order valence-corrected chi connectivity index (χ3v) is 1.10. The molecule has 114 valence electrons. The van der Waals surface area contributed by atoms with E-state index < -0.39 is 0 Å². The summed E-state index contributed by atoms with van der Waals surface area (Å²) in [6, 6.07) is 0. The van der Waals surface area contributed by atoms with Gasteiger partial charge in [-0.05, 0) is 17.8 Å². The van der Waals surface area contributed by atoms with Crippen LogP contribution in [-0.4, -0.2) is 47.4 Å². The van der Waals surface area contributed by atoms with E-state index in [4.69, 9.17) is 20.4 Å². The van der Waals surface area contributed by atoms with Gasteiger partial charge in [0.25, 0.3) is 0 Å². The van der Waals surface area contributed by atoms with E-state index in [9.17, 15) is 0 Å². The minimum Gasteiger partial charge on any atom is -0.400 e. The van der Waals surface area contributed by atoms with Gasteiger partial charge in [0.2, 0.25) is 0 Å². The van der Waals surface area contributed by atoms with Crippen molar-refractivity contribution in [2.75, 3.05) is 26.9 Å². The van der Waals surface area contributed by atoms with E-state index in [0.717, 1.165) is 7.11 Å². The van der Waals surface area contributed by atoms with Crippen molar-refractivity contribution >= 4 is 0 Å². The summed E-state index contributed by atoms with van der Waals surface area (Å²) in [7, 11) is 1.00. The monoisotopic (exact) mass is 344 g/mol. The van der Waals surface area contributed by atoms with E-state index in [1.165, 1.54) is 0 Å². The van der Waals surface area contributed by atoms with Gasteiger partial charge < -0.3 is 20.4 Å². The van der Waals surface area contributed by atoms with Crippen LogP contribution in [-0.2, 0) is 26.2 Å². The van der Waals surface area contributed by atoms with Gasteiger partial charge in [0.15, 0.2) is 0 Å². The van der Waals surface area contributed by atoms with Gasteiger partial charge in [-0.3, -0.25) is 0 Å². The number of aliphatic hydroxyl groups is 4. The first-order chi connectivity index (χ1) is 7.81. The third-order valence-electron chi connectivity index (χ3n) is 1.10. The van der Waals surface area contributed by atoms with Gasteiger partial charge in [-0.25, -0.2) is 0 Å². The molecule has 0 aromatic heterocycles. The molecule has 5 heteroatoms. The van der Waals surface area contributed by atoms with Crippen molar-refractivity contribution in [1.29, 1.82) is 0 Å². The van der Waals surface area contributed by atoms with E-state index in [0.29, 0.717) is 37.6 Å². The fraction of sp³-hybridized carbons (Fsp3) is 1.00. The Morgan fingerprint density at radius 3 is 0.611 bits per heavy atom. The molecule has 0 saturated heterocycles.